The van der Waals surface area contributed by atoms with Gasteiger partial charge in [0.2, 0.25) is 23.6 Å². The molecule has 4 atom stereocenters. The van der Waals surface area contributed by atoms with Gasteiger partial charge in [0.1, 0.15) is 17.8 Å². The van der Waals surface area contributed by atoms with Gasteiger partial charge in [-0.05, 0) is 48.6 Å². The number of nitrogens with two attached hydrogens (primary N) is 1. The Morgan fingerprint density at radius 1 is 0.698 bits per heavy atom. The van der Waals surface area contributed by atoms with Crippen molar-refractivity contribution in [1.82, 2.24) is 21.3 Å². The number of aliphatic hydroxyl groups is 1. The molecule has 0 saturated carbocycles. The molecule has 11 nitrogen and oxygen atoms in total. The summed E-state index contributed by atoms with van der Waals surface area (Å²) in [6.45, 7) is 0.848. The van der Waals surface area contributed by atoms with Crippen LogP contribution < -0.4 is 27.0 Å². The van der Waals surface area contributed by atoms with Crippen LogP contribution in [0, 0.1) is 0 Å². The third kappa shape index (κ3) is 11.2. The largest absolute Gasteiger partial charge is 0.508 e. The van der Waals surface area contributed by atoms with Crippen molar-refractivity contribution >= 4 is 23.6 Å². The van der Waals surface area contributed by atoms with E-state index in [9.17, 15) is 29.4 Å². The van der Waals surface area contributed by atoms with Gasteiger partial charge in [-0.1, -0.05) is 72.8 Å². The molecule has 3 aromatic carbocycles. The van der Waals surface area contributed by atoms with Crippen LogP contribution in [0.5, 0.6) is 5.75 Å². The van der Waals surface area contributed by atoms with Crippen molar-refractivity contribution in [2.24, 2.45) is 5.73 Å². The molecular formula is C32H39N5O6. The van der Waals surface area contributed by atoms with Gasteiger partial charge < -0.3 is 37.2 Å². The Morgan fingerprint density at radius 2 is 1.26 bits per heavy atom. The van der Waals surface area contributed by atoms with Gasteiger partial charge >= 0.3 is 0 Å². The van der Waals surface area contributed by atoms with E-state index in [2.05, 4.69) is 21.3 Å². The van der Waals surface area contributed by atoms with Crippen molar-refractivity contribution in [2.45, 2.75) is 50.4 Å². The number of rotatable bonds is 15. The molecule has 3 rings (SSSR count). The number of carbonyl (C=O) groups excluding carboxylic acids is 4. The van der Waals surface area contributed by atoms with Crippen molar-refractivity contribution in [3.63, 3.8) is 0 Å². The van der Waals surface area contributed by atoms with E-state index in [1.165, 1.54) is 19.1 Å². The average Bonchev–Trinajstić information content (AvgIpc) is 3.01. The number of carbonyl (C=O) groups is 4. The van der Waals surface area contributed by atoms with E-state index in [0.717, 1.165) is 16.7 Å². The topological polar surface area (TPSA) is 183 Å². The molecule has 0 fully saturated rings. The first kappa shape index (κ1) is 32.8. The Balaban J connectivity index is 1.56. The van der Waals surface area contributed by atoms with Crippen LogP contribution in [0.1, 0.15) is 23.6 Å². The Morgan fingerprint density at radius 3 is 1.84 bits per heavy atom. The van der Waals surface area contributed by atoms with Gasteiger partial charge in [0.05, 0.1) is 25.2 Å². The molecule has 4 amide bonds. The summed E-state index contributed by atoms with van der Waals surface area (Å²) in [7, 11) is 0. The normalized spacial score (nSPS) is 13.6. The summed E-state index contributed by atoms with van der Waals surface area (Å²) < 4.78 is 0. The van der Waals surface area contributed by atoms with Gasteiger partial charge in [0, 0.05) is 6.42 Å². The molecule has 0 heterocycles. The lowest BCUT2D eigenvalue weighted by molar-refractivity contribution is -0.132. The highest BCUT2D eigenvalue weighted by Crippen LogP contribution is 2.11. The second kappa shape index (κ2) is 16.6. The van der Waals surface area contributed by atoms with Crippen molar-refractivity contribution in [1.29, 1.82) is 0 Å². The highest BCUT2D eigenvalue weighted by atomic mass is 16.3. The van der Waals surface area contributed by atoms with Gasteiger partial charge in [-0.25, -0.2) is 0 Å². The van der Waals surface area contributed by atoms with Crippen LogP contribution in [-0.4, -0.2) is 71.2 Å². The highest BCUT2D eigenvalue weighted by molar-refractivity contribution is 5.94. The molecule has 0 spiro atoms. The quantitative estimate of drug-likeness (QED) is 0.133. The van der Waals surface area contributed by atoms with E-state index in [1.54, 1.807) is 24.3 Å². The lowest BCUT2D eigenvalue weighted by atomic mass is 10.0. The highest BCUT2D eigenvalue weighted by Gasteiger charge is 2.26. The summed E-state index contributed by atoms with van der Waals surface area (Å²) in [6, 6.07) is 21.2. The summed E-state index contributed by atoms with van der Waals surface area (Å²) in [4.78, 5) is 51.3. The van der Waals surface area contributed by atoms with E-state index in [4.69, 9.17) is 5.73 Å². The second-order valence-corrected chi connectivity index (χ2v) is 10.3. The first-order valence-electron chi connectivity index (χ1n) is 14.0. The monoisotopic (exact) mass is 589 g/mol. The molecular weight excluding hydrogens is 550 g/mol. The molecule has 0 bridgehead atoms. The number of hydrogen-bond donors (Lipinski definition) is 7. The van der Waals surface area contributed by atoms with Gasteiger partial charge in [0.15, 0.2) is 0 Å². The van der Waals surface area contributed by atoms with E-state index in [1.807, 2.05) is 48.5 Å². The summed E-state index contributed by atoms with van der Waals surface area (Å²) in [6.07, 6.45) is 0.768. The standard InChI is InChI=1S/C32H39N5O6/c1-21(35-31(42)27(33)17-24-12-14-26(39)15-13-24)30(41)37-28(18-23-10-6-3-7-11-23)32(43)34-19-29(40)36-25(20-38)16-22-8-4-2-5-9-22/h2-15,21,25,27-28,38-39H,16-20,33H2,1H3,(H,34,43)(H,35,42)(H,36,40)(H,37,41)/t21-,25+,27+,28+/m1/s1. The first-order chi connectivity index (χ1) is 20.6. The molecule has 11 heteroatoms. The molecule has 3 aromatic rings. The zero-order chi connectivity index (χ0) is 31.2. The Labute approximate surface area is 250 Å². The minimum atomic E-state index is -1.04. The molecule has 0 aromatic heterocycles. The van der Waals surface area contributed by atoms with E-state index in [-0.39, 0.29) is 31.7 Å². The fraction of sp³-hybridized carbons (Fsp3) is 0.312. The summed E-state index contributed by atoms with van der Waals surface area (Å²) in [5.74, 6) is -2.13. The van der Waals surface area contributed by atoms with Crippen LogP contribution in [-0.2, 0) is 38.4 Å². The number of aromatic hydroxyl groups is 1. The zero-order valence-electron chi connectivity index (χ0n) is 24.0. The summed E-state index contributed by atoms with van der Waals surface area (Å²) in [5, 5.41) is 29.6. The minimum Gasteiger partial charge on any atom is -0.508 e. The van der Waals surface area contributed by atoms with Gasteiger partial charge in [-0.3, -0.25) is 19.2 Å². The van der Waals surface area contributed by atoms with Crippen molar-refractivity contribution < 1.29 is 29.4 Å². The zero-order valence-corrected chi connectivity index (χ0v) is 24.0. The lowest BCUT2D eigenvalue weighted by Gasteiger charge is -2.23. The van der Waals surface area contributed by atoms with Crippen LogP contribution in [0.2, 0.25) is 0 Å². The van der Waals surface area contributed by atoms with Crippen LogP contribution in [0.25, 0.3) is 0 Å². The Kier molecular flexibility index (Phi) is 12.7. The van der Waals surface area contributed by atoms with Gasteiger partial charge in [-0.2, -0.15) is 0 Å². The number of hydrogen-bond acceptors (Lipinski definition) is 7. The molecule has 8 N–H and O–H groups in total. The Hall–Kier alpha value is -4.74. The number of phenolic OH excluding ortho intramolecular Hbond substituents is 1. The molecule has 43 heavy (non-hydrogen) atoms. The number of amides is 4. The second-order valence-electron chi connectivity index (χ2n) is 10.3. The molecule has 0 radical (unpaired) electrons. The summed E-state index contributed by atoms with van der Waals surface area (Å²) in [5.41, 5.74) is 8.49. The van der Waals surface area contributed by atoms with Crippen LogP contribution >= 0.6 is 0 Å². The van der Waals surface area contributed by atoms with Crippen LogP contribution in [0.4, 0.5) is 0 Å². The first-order valence-corrected chi connectivity index (χ1v) is 14.0. The Bertz CT molecular complexity index is 1340. The third-order valence-corrected chi connectivity index (χ3v) is 6.73. The van der Waals surface area contributed by atoms with Crippen molar-refractivity contribution in [2.75, 3.05) is 13.2 Å². The number of aliphatic hydroxyl groups excluding tert-OH is 1. The third-order valence-electron chi connectivity index (χ3n) is 6.73. The molecule has 228 valence electrons. The average molecular weight is 590 g/mol. The van der Waals surface area contributed by atoms with E-state index < -0.39 is 47.8 Å². The molecule has 0 saturated heterocycles. The SMILES string of the molecule is C[C@@H](NC(=O)[C@@H](N)Cc1ccc(O)cc1)C(=O)N[C@@H](Cc1ccccc1)C(=O)NCC(=O)N[C@H](CO)Cc1ccccc1. The predicted molar refractivity (Wildman–Crippen MR) is 162 cm³/mol. The van der Waals surface area contributed by atoms with Crippen LogP contribution in [0.15, 0.2) is 84.9 Å². The maximum absolute atomic E-state index is 13.1. The maximum atomic E-state index is 13.1. The molecule has 0 aliphatic heterocycles. The lowest BCUT2D eigenvalue weighted by Crippen LogP contribution is -2.56. The van der Waals surface area contributed by atoms with E-state index >= 15 is 0 Å². The predicted octanol–water partition coefficient (Wildman–Crippen LogP) is 0.330. The van der Waals surface area contributed by atoms with Crippen molar-refractivity contribution in [3.8, 4) is 5.75 Å². The molecule has 0 aliphatic carbocycles. The van der Waals surface area contributed by atoms with Crippen molar-refractivity contribution in [3.05, 3.63) is 102 Å². The number of nitrogens with one attached hydrogen (secondary N) is 4. The number of benzene rings is 3. The fourth-order valence-electron chi connectivity index (χ4n) is 4.35. The summed E-state index contributed by atoms with van der Waals surface area (Å²) >= 11 is 0. The van der Waals surface area contributed by atoms with Gasteiger partial charge in [0.25, 0.3) is 0 Å². The van der Waals surface area contributed by atoms with E-state index in [0.29, 0.717) is 6.42 Å². The molecule has 0 aliphatic rings. The van der Waals surface area contributed by atoms with Crippen LogP contribution in [0.3, 0.4) is 0 Å². The minimum absolute atomic E-state index is 0.0965. The maximum Gasteiger partial charge on any atom is 0.243 e. The number of phenols is 1. The molecule has 0 unspecified atom stereocenters. The smallest absolute Gasteiger partial charge is 0.243 e. The van der Waals surface area contributed by atoms with Gasteiger partial charge in [-0.15, -0.1) is 0 Å². The fourth-order valence-corrected chi connectivity index (χ4v) is 4.35.